The predicted octanol–water partition coefficient (Wildman–Crippen LogP) is 1.50. The molecule has 66 valence electrons. The number of nitriles is 1. The van der Waals surface area contributed by atoms with Gasteiger partial charge in [0.05, 0.1) is 19.3 Å². The minimum Gasteiger partial charge on any atom is -0.495 e. The van der Waals surface area contributed by atoms with Crippen LogP contribution in [0.15, 0.2) is 12.1 Å². The summed E-state index contributed by atoms with van der Waals surface area (Å²) < 4.78 is 10.4. The van der Waals surface area contributed by atoms with E-state index in [0.29, 0.717) is 17.9 Å². The van der Waals surface area contributed by atoms with Crippen molar-refractivity contribution in [1.82, 2.24) is 0 Å². The molecule has 13 heavy (non-hydrogen) atoms. The van der Waals surface area contributed by atoms with Crippen molar-refractivity contribution in [2.45, 2.75) is 6.42 Å². The zero-order valence-corrected chi connectivity index (χ0v) is 7.33. The van der Waals surface area contributed by atoms with Crippen LogP contribution < -0.4 is 9.47 Å². The molecular formula is C10H9NO2. The van der Waals surface area contributed by atoms with E-state index >= 15 is 0 Å². The second kappa shape index (κ2) is 2.98. The van der Waals surface area contributed by atoms with Gasteiger partial charge in [0.1, 0.15) is 17.6 Å². The molecule has 0 fully saturated rings. The largest absolute Gasteiger partial charge is 0.495 e. The van der Waals surface area contributed by atoms with E-state index in [1.165, 1.54) is 0 Å². The Kier molecular flexibility index (Phi) is 1.82. The summed E-state index contributed by atoms with van der Waals surface area (Å²) >= 11 is 0. The van der Waals surface area contributed by atoms with Crippen LogP contribution in [-0.2, 0) is 6.42 Å². The Bertz CT molecular complexity index is 379. The molecule has 3 heteroatoms. The summed E-state index contributed by atoms with van der Waals surface area (Å²) in [4.78, 5) is 0. The average molecular weight is 175 g/mol. The Balaban J connectivity index is 2.55. The van der Waals surface area contributed by atoms with Gasteiger partial charge in [-0.2, -0.15) is 5.26 Å². The van der Waals surface area contributed by atoms with Crippen molar-refractivity contribution < 1.29 is 9.47 Å². The van der Waals surface area contributed by atoms with Gasteiger partial charge >= 0.3 is 0 Å². The average Bonchev–Trinajstić information content (AvgIpc) is 2.62. The molecule has 0 bridgehead atoms. The van der Waals surface area contributed by atoms with Gasteiger partial charge in [0, 0.05) is 18.1 Å². The molecule has 0 N–H and O–H groups in total. The highest BCUT2D eigenvalue weighted by Crippen LogP contribution is 2.31. The van der Waals surface area contributed by atoms with Crippen LogP contribution in [0, 0.1) is 11.3 Å². The van der Waals surface area contributed by atoms with E-state index in [2.05, 4.69) is 6.07 Å². The third-order valence-electron chi connectivity index (χ3n) is 2.13. The van der Waals surface area contributed by atoms with Gasteiger partial charge in [-0.25, -0.2) is 0 Å². The highest BCUT2D eigenvalue weighted by molar-refractivity contribution is 5.53. The van der Waals surface area contributed by atoms with E-state index in [9.17, 15) is 0 Å². The van der Waals surface area contributed by atoms with Crippen LogP contribution in [-0.4, -0.2) is 13.7 Å². The third kappa shape index (κ3) is 1.20. The Morgan fingerprint density at radius 3 is 3.08 bits per heavy atom. The monoisotopic (exact) mass is 175 g/mol. The number of hydrogen-bond acceptors (Lipinski definition) is 3. The van der Waals surface area contributed by atoms with Crippen LogP contribution in [0.1, 0.15) is 11.1 Å². The maximum absolute atomic E-state index is 8.80. The van der Waals surface area contributed by atoms with Crippen molar-refractivity contribution in [3.05, 3.63) is 23.3 Å². The summed E-state index contributed by atoms with van der Waals surface area (Å²) in [5.74, 6) is 1.45. The van der Waals surface area contributed by atoms with Crippen LogP contribution >= 0.6 is 0 Å². The summed E-state index contributed by atoms with van der Waals surface area (Å²) in [7, 11) is 1.57. The van der Waals surface area contributed by atoms with Crippen molar-refractivity contribution in [2.75, 3.05) is 13.7 Å². The molecule has 0 saturated carbocycles. The van der Waals surface area contributed by atoms with E-state index in [4.69, 9.17) is 14.7 Å². The lowest BCUT2D eigenvalue weighted by Crippen LogP contribution is -1.89. The number of fused-ring (bicyclic) bond motifs is 1. The molecule has 0 radical (unpaired) electrons. The van der Waals surface area contributed by atoms with E-state index in [1.54, 1.807) is 13.2 Å². The zero-order chi connectivity index (χ0) is 9.26. The lowest BCUT2D eigenvalue weighted by molar-refractivity contribution is 0.356. The molecule has 0 unspecified atom stereocenters. The summed E-state index contributed by atoms with van der Waals surface area (Å²) in [6, 6.07) is 5.68. The summed E-state index contributed by atoms with van der Waals surface area (Å²) in [6.45, 7) is 0.702. The number of hydrogen-bond donors (Lipinski definition) is 0. The van der Waals surface area contributed by atoms with Crippen LogP contribution in [0.5, 0.6) is 11.5 Å². The smallest absolute Gasteiger partial charge is 0.137 e. The lowest BCUT2D eigenvalue weighted by Gasteiger charge is -2.04. The molecular weight excluding hydrogens is 166 g/mol. The van der Waals surface area contributed by atoms with E-state index in [1.807, 2.05) is 6.07 Å². The maximum atomic E-state index is 8.80. The first kappa shape index (κ1) is 7.93. The summed E-state index contributed by atoms with van der Waals surface area (Å²) in [5.41, 5.74) is 1.65. The SMILES string of the molecule is COc1cc2c(cc1C#N)OCC2. The topological polar surface area (TPSA) is 42.2 Å². The van der Waals surface area contributed by atoms with Crippen molar-refractivity contribution in [2.24, 2.45) is 0 Å². The van der Waals surface area contributed by atoms with Crippen molar-refractivity contribution in [3.63, 3.8) is 0 Å². The summed E-state index contributed by atoms with van der Waals surface area (Å²) in [5, 5.41) is 8.80. The Hall–Kier alpha value is -1.69. The zero-order valence-electron chi connectivity index (χ0n) is 7.33. The van der Waals surface area contributed by atoms with Gasteiger partial charge in [0.2, 0.25) is 0 Å². The van der Waals surface area contributed by atoms with Gasteiger partial charge in [-0.05, 0) is 6.07 Å². The third-order valence-corrected chi connectivity index (χ3v) is 2.13. The van der Waals surface area contributed by atoms with Crippen LogP contribution in [0.4, 0.5) is 0 Å². The molecule has 0 atom stereocenters. The van der Waals surface area contributed by atoms with E-state index in [-0.39, 0.29) is 0 Å². The van der Waals surface area contributed by atoms with Crippen molar-refractivity contribution >= 4 is 0 Å². The molecule has 0 aliphatic carbocycles. The van der Waals surface area contributed by atoms with Crippen LogP contribution in [0.25, 0.3) is 0 Å². The van der Waals surface area contributed by atoms with Gasteiger partial charge in [0.15, 0.2) is 0 Å². The molecule has 0 spiro atoms. The molecule has 1 aromatic rings. The molecule has 1 aliphatic heterocycles. The Morgan fingerprint density at radius 2 is 2.38 bits per heavy atom. The fraction of sp³-hybridized carbons (Fsp3) is 0.300. The standard InChI is InChI=1S/C10H9NO2/c1-12-9-4-7-2-3-13-10(7)5-8(9)6-11/h4-5H,2-3H2,1H3. The minimum atomic E-state index is 0.531. The molecule has 1 heterocycles. The van der Waals surface area contributed by atoms with Crippen molar-refractivity contribution in [3.8, 4) is 17.6 Å². The number of nitrogens with zero attached hydrogens (tertiary/aromatic N) is 1. The molecule has 3 nitrogen and oxygen atoms in total. The maximum Gasteiger partial charge on any atom is 0.137 e. The van der Waals surface area contributed by atoms with Gasteiger partial charge in [0.25, 0.3) is 0 Å². The molecule has 0 amide bonds. The van der Waals surface area contributed by atoms with E-state index < -0.39 is 0 Å². The fourth-order valence-electron chi connectivity index (χ4n) is 1.46. The van der Waals surface area contributed by atoms with Crippen LogP contribution in [0.3, 0.4) is 0 Å². The number of benzene rings is 1. The molecule has 0 saturated heterocycles. The van der Waals surface area contributed by atoms with Gasteiger partial charge in [-0.3, -0.25) is 0 Å². The second-order valence-electron chi connectivity index (χ2n) is 2.87. The molecule has 1 aliphatic rings. The van der Waals surface area contributed by atoms with Gasteiger partial charge in [-0.15, -0.1) is 0 Å². The second-order valence-corrected chi connectivity index (χ2v) is 2.87. The fourth-order valence-corrected chi connectivity index (χ4v) is 1.46. The first-order chi connectivity index (χ1) is 6.35. The quantitative estimate of drug-likeness (QED) is 0.649. The summed E-state index contributed by atoms with van der Waals surface area (Å²) in [6.07, 6.45) is 0.900. The number of rotatable bonds is 1. The Morgan fingerprint density at radius 1 is 1.54 bits per heavy atom. The first-order valence-corrected chi connectivity index (χ1v) is 4.09. The van der Waals surface area contributed by atoms with Gasteiger partial charge < -0.3 is 9.47 Å². The molecule has 1 aromatic carbocycles. The van der Waals surface area contributed by atoms with Crippen LogP contribution in [0.2, 0.25) is 0 Å². The Labute approximate surface area is 76.5 Å². The lowest BCUT2D eigenvalue weighted by atomic mass is 10.1. The first-order valence-electron chi connectivity index (χ1n) is 4.09. The predicted molar refractivity (Wildman–Crippen MR) is 46.9 cm³/mol. The molecule has 0 aromatic heterocycles. The van der Waals surface area contributed by atoms with Crippen molar-refractivity contribution in [1.29, 1.82) is 5.26 Å². The van der Waals surface area contributed by atoms with E-state index in [0.717, 1.165) is 17.7 Å². The molecule has 2 rings (SSSR count). The normalized spacial score (nSPS) is 12.9. The highest BCUT2D eigenvalue weighted by Gasteiger charge is 2.15. The van der Waals surface area contributed by atoms with Gasteiger partial charge in [-0.1, -0.05) is 0 Å². The number of ether oxygens (including phenoxy) is 2. The number of methoxy groups -OCH3 is 1. The highest BCUT2D eigenvalue weighted by atomic mass is 16.5. The minimum absolute atomic E-state index is 0.531.